The minimum Gasteiger partial charge on any atom is -0.340 e. The lowest BCUT2D eigenvalue weighted by molar-refractivity contribution is -0.127. The Bertz CT molecular complexity index is 949. The van der Waals surface area contributed by atoms with Crippen LogP contribution in [0.25, 0.3) is 0 Å². The molecule has 1 N–H and O–H groups in total. The molecule has 1 aliphatic heterocycles. The van der Waals surface area contributed by atoms with Crippen molar-refractivity contribution in [2.24, 2.45) is 7.05 Å². The second kappa shape index (κ2) is 8.57. The van der Waals surface area contributed by atoms with Gasteiger partial charge in [0.1, 0.15) is 23.7 Å². The van der Waals surface area contributed by atoms with E-state index in [-0.39, 0.29) is 17.8 Å². The van der Waals surface area contributed by atoms with E-state index in [9.17, 15) is 9.18 Å². The summed E-state index contributed by atoms with van der Waals surface area (Å²) in [6.45, 7) is 1.80. The van der Waals surface area contributed by atoms with Gasteiger partial charge in [0.2, 0.25) is 5.91 Å². The van der Waals surface area contributed by atoms with Gasteiger partial charge in [-0.3, -0.25) is 9.69 Å². The van der Waals surface area contributed by atoms with Crippen LogP contribution in [-0.4, -0.2) is 33.4 Å². The Labute approximate surface area is 170 Å². The second-order valence-corrected chi connectivity index (χ2v) is 7.45. The summed E-state index contributed by atoms with van der Waals surface area (Å²) in [5.74, 6) is 0.325. The van der Waals surface area contributed by atoms with E-state index in [0.29, 0.717) is 5.82 Å². The van der Waals surface area contributed by atoms with E-state index in [0.717, 1.165) is 37.1 Å². The molecular weight excluding hydrogens is 367 g/mol. The van der Waals surface area contributed by atoms with Gasteiger partial charge in [-0.25, -0.2) is 9.37 Å². The van der Waals surface area contributed by atoms with Crippen LogP contribution >= 0.6 is 0 Å². The number of imidazole rings is 1. The number of benzene rings is 2. The third-order valence-corrected chi connectivity index (χ3v) is 5.48. The molecule has 1 aliphatic rings. The van der Waals surface area contributed by atoms with Crippen molar-refractivity contribution >= 4 is 5.91 Å². The third kappa shape index (κ3) is 4.22. The molecule has 0 aliphatic carbocycles. The molecule has 1 amide bonds. The summed E-state index contributed by atoms with van der Waals surface area (Å²) >= 11 is 0. The monoisotopic (exact) mass is 392 g/mol. The first-order valence-corrected chi connectivity index (χ1v) is 9.95. The first-order chi connectivity index (χ1) is 14.1. The van der Waals surface area contributed by atoms with Crippen molar-refractivity contribution in [2.75, 3.05) is 13.1 Å². The van der Waals surface area contributed by atoms with Crippen molar-refractivity contribution < 1.29 is 9.18 Å². The van der Waals surface area contributed by atoms with Crippen LogP contribution in [-0.2, 0) is 11.8 Å². The molecule has 0 spiro atoms. The number of carbonyl (C=O) groups excluding carboxylic acids is 1. The van der Waals surface area contributed by atoms with E-state index >= 15 is 0 Å². The number of aromatic nitrogens is 2. The second-order valence-electron chi connectivity index (χ2n) is 7.45. The van der Waals surface area contributed by atoms with Crippen LogP contribution in [0.1, 0.15) is 41.9 Å². The number of likely N-dealkylation sites (tertiary alicyclic amines) is 1. The molecule has 1 aromatic heterocycles. The summed E-state index contributed by atoms with van der Waals surface area (Å²) < 4.78 is 15.4. The molecule has 0 radical (unpaired) electrons. The van der Waals surface area contributed by atoms with Crippen molar-refractivity contribution in [3.05, 3.63) is 89.8 Å². The lowest BCUT2D eigenvalue weighted by Gasteiger charge is -2.29. The van der Waals surface area contributed by atoms with Crippen molar-refractivity contribution in [1.82, 2.24) is 19.8 Å². The number of carbonyl (C=O) groups is 1. The number of halogens is 1. The average Bonchev–Trinajstić information content (AvgIpc) is 3.40. The molecule has 0 saturated carbocycles. The Morgan fingerprint density at radius 2 is 1.72 bits per heavy atom. The largest absolute Gasteiger partial charge is 0.340 e. The Kier molecular flexibility index (Phi) is 5.71. The fourth-order valence-electron chi connectivity index (χ4n) is 3.99. The zero-order valence-electron chi connectivity index (χ0n) is 16.5. The molecule has 5 nitrogen and oxygen atoms in total. The van der Waals surface area contributed by atoms with Crippen LogP contribution in [0.5, 0.6) is 0 Å². The number of hydrogen-bond donors (Lipinski definition) is 1. The minimum absolute atomic E-state index is 0.0737. The molecule has 150 valence electrons. The molecule has 2 unspecified atom stereocenters. The van der Waals surface area contributed by atoms with Gasteiger partial charge in [0.25, 0.3) is 0 Å². The normalized spacial score (nSPS) is 16.5. The van der Waals surface area contributed by atoms with Crippen molar-refractivity contribution in [1.29, 1.82) is 0 Å². The van der Waals surface area contributed by atoms with E-state index in [1.165, 1.54) is 12.1 Å². The van der Waals surface area contributed by atoms with Gasteiger partial charge < -0.3 is 9.88 Å². The molecule has 1 saturated heterocycles. The van der Waals surface area contributed by atoms with E-state index in [1.54, 1.807) is 18.3 Å². The maximum Gasteiger partial charge on any atom is 0.242 e. The maximum absolute atomic E-state index is 13.5. The van der Waals surface area contributed by atoms with Gasteiger partial charge in [-0.15, -0.1) is 0 Å². The molecule has 0 bridgehead atoms. The lowest BCUT2D eigenvalue weighted by Crippen LogP contribution is -2.41. The third-order valence-electron chi connectivity index (χ3n) is 5.48. The van der Waals surface area contributed by atoms with Crippen LogP contribution in [0.4, 0.5) is 4.39 Å². The Morgan fingerprint density at radius 3 is 2.34 bits per heavy atom. The number of nitrogens with zero attached hydrogens (tertiary/aromatic N) is 3. The highest BCUT2D eigenvalue weighted by atomic mass is 19.1. The summed E-state index contributed by atoms with van der Waals surface area (Å²) in [4.78, 5) is 20.2. The predicted molar refractivity (Wildman–Crippen MR) is 110 cm³/mol. The summed E-state index contributed by atoms with van der Waals surface area (Å²) in [6, 6.07) is 15.3. The van der Waals surface area contributed by atoms with E-state index in [2.05, 4.69) is 15.2 Å². The summed E-state index contributed by atoms with van der Waals surface area (Å²) in [6.07, 6.45) is 5.73. The number of rotatable bonds is 6. The van der Waals surface area contributed by atoms with Gasteiger partial charge >= 0.3 is 0 Å². The highest BCUT2D eigenvalue weighted by Crippen LogP contribution is 2.28. The van der Waals surface area contributed by atoms with E-state index in [4.69, 9.17) is 0 Å². The highest BCUT2D eigenvalue weighted by molar-refractivity contribution is 5.84. The van der Waals surface area contributed by atoms with Crippen molar-refractivity contribution in [3.8, 4) is 0 Å². The SMILES string of the molecule is Cn1ccnc1C(NC(=O)C(c1ccccc1)N1CCCC1)c1ccc(F)cc1. The molecule has 2 aromatic carbocycles. The topological polar surface area (TPSA) is 50.2 Å². The highest BCUT2D eigenvalue weighted by Gasteiger charge is 2.32. The molecule has 29 heavy (non-hydrogen) atoms. The average molecular weight is 392 g/mol. The van der Waals surface area contributed by atoms with Gasteiger partial charge in [-0.1, -0.05) is 42.5 Å². The van der Waals surface area contributed by atoms with Crippen LogP contribution in [0, 0.1) is 5.82 Å². The van der Waals surface area contributed by atoms with Gasteiger partial charge in [-0.2, -0.15) is 0 Å². The smallest absolute Gasteiger partial charge is 0.242 e. The van der Waals surface area contributed by atoms with Crippen LogP contribution < -0.4 is 5.32 Å². The van der Waals surface area contributed by atoms with Crippen molar-refractivity contribution in [2.45, 2.75) is 24.9 Å². The standard InChI is InChI=1S/C23H25FN4O/c1-27-16-13-25-22(27)20(17-9-11-19(24)12-10-17)26-23(29)21(28-14-5-6-15-28)18-7-3-2-4-8-18/h2-4,7-13,16,20-21H,5-6,14-15H2,1H3,(H,26,29). The Balaban J connectivity index is 1.67. The fraction of sp³-hybridized carbons (Fsp3) is 0.304. The zero-order chi connectivity index (χ0) is 20.2. The first-order valence-electron chi connectivity index (χ1n) is 9.95. The lowest BCUT2D eigenvalue weighted by atomic mass is 10.0. The first kappa shape index (κ1) is 19.3. The Hall–Kier alpha value is -2.99. The zero-order valence-corrected chi connectivity index (χ0v) is 16.5. The van der Waals surface area contributed by atoms with E-state index < -0.39 is 6.04 Å². The molecular formula is C23H25FN4O. The van der Waals surface area contributed by atoms with Gasteiger partial charge in [0, 0.05) is 19.4 Å². The van der Waals surface area contributed by atoms with Gasteiger partial charge in [0.05, 0.1) is 0 Å². The van der Waals surface area contributed by atoms with Crippen LogP contribution in [0.3, 0.4) is 0 Å². The van der Waals surface area contributed by atoms with Crippen LogP contribution in [0.15, 0.2) is 67.0 Å². The molecule has 2 atom stereocenters. The molecule has 4 rings (SSSR count). The molecule has 3 aromatic rings. The predicted octanol–water partition coefficient (Wildman–Crippen LogP) is 3.60. The van der Waals surface area contributed by atoms with Crippen molar-refractivity contribution in [3.63, 3.8) is 0 Å². The van der Waals surface area contributed by atoms with E-state index in [1.807, 2.05) is 48.1 Å². The number of hydrogen-bond acceptors (Lipinski definition) is 3. The van der Waals surface area contributed by atoms with Gasteiger partial charge in [0.15, 0.2) is 0 Å². The maximum atomic E-state index is 13.5. The number of nitrogens with one attached hydrogen (secondary N) is 1. The molecule has 1 fully saturated rings. The Morgan fingerprint density at radius 1 is 1.03 bits per heavy atom. The quantitative estimate of drug-likeness (QED) is 0.697. The number of amides is 1. The fourth-order valence-corrected chi connectivity index (χ4v) is 3.99. The molecule has 2 heterocycles. The molecule has 6 heteroatoms. The number of aryl methyl sites for hydroxylation is 1. The summed E-state index contributed by atoms with van der Waals surface area (Å²) in [5.41, 5.74) is 1.77. The minimum atomic E-state index is -0.461. The van der Waals surface area contributed by atoms with Gasteiger partial charge in [-0.05, 0) is 49.2 Å². The summed E-state index contributed by atoms with van der Waals surface area (Å²) in [7, 11) is 1.89. The van der Waals surface area contributed by atoms with Crippen LogP contribution in [0.2, 0.25) is 0 Å². The summed E-state index contributed by atoms with van der Waals surface area (Å²) in [5, 5.41) is 3.19.